The first-order valence-electron chi connectivity index (χ1n) is 8.76. The van der Waals surface area contributed by atoms with E-state index in [1.807, 2.05) is 67.6 Å². The van der Waals surface area contributed by atoms with Crippen LogP contribution in [0.5, 0.6) is 5.75 Å². The van der Waals surface area contributed by atoms with Gasteiger partial charge < -0.3 is 19.9 Å². The molecule has 0 bridgehead atoms. The summed E-state index contributed by atoms with van der Waals surface area (Å²) in [5.74, 6) is 3.04. The Balaban J connectivity index is 1.73. The second-order valence-corrected chi connectivity index (χ2v) is 6.10. The fourth-order valence-corrected chi connectivity index (χ4v) is 2.75. The van der Waals surface area contributed by atoms with Gasteiger partial charge in [-0.2, -0.15) is 4.98 Å². The highest BCUT2D eigenvalue weighted by atomic mass is 16.5. The summed E-state index contributed by atoms with van der Waals surface area (Å²) in [4.78, 5) is 9.22. The zero-order valence-corrected chi connectivity index (χ0v) is 15.5. The molecule has 0 radical (unpaired) electrons. The van der Waals surface area contributed by atoms with Gasteiger partial charge in [0.2, 0.25) is 5.95 Å². The van der Waals surface area contributed by atoms with Gasteiger partial charge in [-0.25, -0.2) is 4.98 Å². The van der Waals surface area contributed by atoms with Crippen LogP contribution in [0, 0.1) is 6.92 Å². The molecule has 28 heavy (non-hydrogen) atoms. The van der Waals surface area contributed by atoms with Gasteiger partial charge in [-0.15, -0.1) is 0 Å². The molecule has 0 amide bonds. The van der Waals surface area contributed by atoms with Crippen LogP contribution in [-0.4, -0.2) is 22.2 Å². The number of nitrogens with one attached hydrogen (secondary N) is 2. The number of aromatic nitrogens is 3. The topological polar surface area (TPSA) is 85.1 Å². The molecule has 7 nitrogen and oxygen atoms in total. The molecule has 0 aliphatic rings. The summed E-state index contributed by atoms with van der Waals surface area (Å²) in [5, 5.41) is 10.4. The molecule has 0 atom stereocenters. The van der Waals surface area contributed by atoms with Gasteiger partial charge in [0, 0.05) is 17.7 Å². The summed E-state index contributed by atoms with van der Waals surface area (Å²) in [7, 11) is 1.63. The van der Waals surface area contributed by atoms with Crippen molar-refractivity contribution < 1.29 is 9.26 Å². The van der Waals surface area contributed by atoms with Gasteiger partial charge in [-0.05, 0) is 19.1 Å². The maximum Gasteiger partial charge on any atom is 0.229 e. The monoisotopic (exact) mass is 373 g/mol. The van der Waals surface area contributed by atoms with Gasteiger partial charge >= 0.3 is 0 Å². The second-order valence-electron chi connectivity index (χ2n) is 6.10. The smallest absolute Gasteiger partial charge is 0.229 e. The van der Waals surface area contributed by atoms with Crippen LogP contribution in [0.25, 0.3) is 11.3 Å². The number of nitrogens with zero attached hydrogens (tertiary/aromatic N) is 3. The number of para-hydroxylation sites is 2. The molecular formula is C21H19N5O2. The Morgan fingerprint density at radius 3 is 2.39 bits per heavy atom. The summed E-state index contributed by atoms with van der Waals surface area (Å²) in [6, 6.07) is 21.2. The average Bonchev–Trinajstić information content (AvgIpc) is 3.13. The molecule has 2 aromatic carbocycles. The molecule has 4 rings (SSSR count). The Kier molecular flexibility index (Phi) is 4.88. The molecule has 0 aliphatic heterocycles. The predicted octanol–water partition coefficient (Wildman–Crippen LogP) is 4.94. The van der Waals surface area contributed by atoms with Crippen molar-refractivity contribution in [1.29, 1.82) is 0 Å². The van der Waals surface area contributed by atoms with E-state index in [0.29, 0.717) is 29.1 Å². The van der Waals surface area contributed by atoms with E-state index < -0.39 is 0 Å². The Hall–Kier alpha value is -3.87. The molecule has 0 saturated carbocycles. The van der Waals surface area contributed by atoms with Crippen LogP contribution in [0.1, 0.15) is 5.76 Å². The fraction of sp³-hybridized carbons (Fsp3) is 0.0952. The molecule has 2 aromatic heterocycles. The van der Waals surface area contributed by atoms with Crippen molar-refractivity contribution in [2.24, 2.45) is 0 Å². The highest BCUT2D eigenvalue weighted by molar-refractivity contribution is 5.69. The highest BCUT2D eigenvalue weighted by Gasteiger charge is 2.11. The summed E-state index contributed by atoms with van der Waals surface area (Å²) in [6.07, 6.45) is 0. The fourth-order valence-electron chi connectivity index (χ4n) is 2.75. The Labute approximate surface area is 162 Å². The number of ether oxygens (including phenoxy) is 1. The van der Waals surface area contributed by atoms with E-state index in [-0.39, 0.29) is 0 Å². The quantitative estimate of drug-likeness (QED) is 0.495. The van der Waals surface area contributed by atoms with Gasteiger partial charge in [0.1, 0.15) is 17.3 Å². The summed E-state index contributed by atoms with van der Waals surface area (Å²) in [5.41, 5.74) is 2.53. The maximum atomic E-state index is 5.40. The molecule has 0 spiro atoms. The van der Waals surface area contributed by atoms with Gasteiger partial charge in [0.15, 0.2) is 5.82 Å². The van der Waals surface area contributed by atoms with E-state index in [1.54, 1.807) is 13.2 Å². The summed E-state index contributed by atoms with van der Waals surface area (Å²) >= 11 is 0. The van der Waals surface area contributed by atoms with Crippen molar-refractivity contribution in [2.75, 3.05) is 17.7 Å². The van der Waals surface area contributed by atoms with E-state index in [2.05, 4.69) is 25.8 Å². The number of hydrogen-bond acceptors (Lipinski definition) is 7. The van der Waals surface area contributed by atoms with Crippen LogP contribution in [-0.2, 0) is 0 Å². The van der Waals surface area contributed by atoms with Crippen LogP contribution in [0.3, 0.4) is 0 Å². The van der Waals surface area contributed by atoms with Crippen LogP contribution in [0.15, 0.2) is 71.3 Å². The first-order valence-corrected chi connectivity index (χ1v) is 8.76. The van der Waals surface area contributed by atoms with Crippen LogP contribution in [0.2, 0.25) is 0 Å². The number of rotatable bonds is 6. The largest absolute Gasteiger partial charge is 0.495 e. The zero-order chi connectivity index (χ0) is 19.3. The number of anilines is 4. The standard InChI is InChI=1S/C21H19N5O2/c1-14-12-20(26-28-14)24-19-13-17(15-8-4-3-5-9-15)23-21(25-19)22-16-10-6-7-11-18(16)27-2/h3-13H,1-2H3,(H2,22,23,24,25,26). The summed E-state index contributed by atoms with van der Waals surface area (Å²) in [6.45, 7) is 1.84. The lowest BCUT2D eigenvalue weighted by atomic mass is 10.1. The lowest BCUT2D eigenvalue weighted by Crippen LogP contribution is -2.03. The van der Waals surface area contributed by atoms with Crippen LogP contribution >= 0.6 is 0 Å². The lowest BCUT2D eigenvalue weighted by molar-refractivity contribution is 0.400. The normalized spacial score (nSPS) is 10.5. The van der Waals surface area contributed by atoms with Crippen molar-refractivity contribution in [3.8, 4) is 17.0 Å². The number of methoxy groups -OCH3 is 1. The highest BCUT2D eigenvalue weighted by Crippen LogP contribution is 2.28. The summed E-state index contributed by atoms with van der Waals surface area (Å²) < 4.78 is 10.5. The molecule has 2 N–H and O–H groups in total. The lowest BCUT2D eigenvalue weighted by Gasteiger charge is -2.12. The predicted molar refractivity (Wildman–Crippen MR) is 108 cm³/mol. The molecule has 0 saturated heterocycles. The van der Waals surface area contributed by atoms with E-state index in [9.17, 15) is 0 Å². The minimum atomic E-state index is 0.438. The third kappa shape index (κ3) is 3.93. The minimum absolute atomic E-state index is 0.438. The second kappa shape index (κ2) is 7.79. The van der Waals surface area contributed by atoms with Crippen LogP contribution < -0.4 is 15.4 Å². The number of benzene rings is 2. The van der Waals surface area contributed by atoms with E-state index in [1.165, 1.54) is 0 Å². The van der Waals surface area contributed by atoms with Gasteiger partial charge in [-0.1, -0.05) is 47.6 Å². The van der Waals surface area contributed by atoms with Crippen molar-refractivity contribution in [2.45, 2.75) is 6.92 Å². The Morgan fingerprint density at radius 1 is 0.857 bits per heavy atom. The van der Waals surface area contributed by atoms with E-state index in [4.69, 9.17) is 9.26 Å². The first kappa shape index (κ1) is 17.5. The van der Waals surface area contributed by atoms with E-state index >= 15 is 0 Å². The third-order valence-electron chi connectivity index (χ3n) is 4.03. The Morgan fingerprint density at radius 2 is 1.64 bits per heavy atom. The molecule has 2 heterocycles. The molecule has 140 valence electrons. The zero-order valence-electron chi connectivity index (χ0n) is 15.5. The SMILES string of the molecule is COc1ccccc1Nc1nc(Nc2cc(C)on2)cc(-c2ccccc2)n1. The van der Waals surface area contributed by atoms with Gasteiger partial charge in [0.05, 0.1) is 18.5 Å². The van der Waals surface area contributed by atoms with Gasteiger partial charge in [-0.3, -0.25) is 0 Å². The van der Waals surface area contributed by atoms with Crippen molar-refractivity contribution >= 4 is 23.3 Å². The van der Waals surface area contributed by atoms with Crippen molar-refractivity contribution in [3.05, 3.63) is 72.5 Å². The third-order valence-corrected chi connectivity index (χ3v) is 4.03. The van der Waals surface area contributed by atoms with E-state index in [0.717, 1.165) is 16.9 Å². The van der Waals surface area contributed by atoms with Crippen molar-refractivity contribution in [1.82, 2.24) is 15.1 Å². The van der Waals surface area contributed by atoms with Crippen LogP contribution in [0.4, 0.5) is 23.3 Å². The number of hydrogen-bond donors (Lipinski definition) is 2. The average molecular weight is 373 g/mol. The van der Waals surface area contributed by atoms with Crippen molar-refractivity contribution in [3.63, 3.8) is 0 Å². The molecule has 0 aliphatic carbocycles. The molecular weight excluding hydrogens is 354 g/mol. The first-order chi connectivity index (χ1) is 13.7. The maximum absolute atomic E-state index is 5.40. The number of aryl methyl sites for hydroxylation is 1. The minimum Gasteiger partial charge on any atom is -0.495 e. The molecule has 0 fully saturated rings. The molecule has 7 heteroatoms. The molecule has 4 aromatic rings. The van der Waals surface area contributed by atoms with Gasteiger partial charge in [0.25, 0.3) is 0 Å². The molecule has 0 unspecified atom stereocenters. The Bertz CT molecular complexity index is 1080.